The fourth-order valence-corrected chi connectivity index (χ4v) is 0.0866. The Kier molecular flexibility index (Phi) is 9.75. The Hall–Kier alpha value is 0.106. The Morgan fingerprint density at radius 1 is 1.00 bits per heavy atom. The van der Waals surface area contributed by atoms with Gasteiger partial charge in [0.1, 0.15) is 0 Å². The van der Waals surface area contributed by atoms with Crippen LogP contribution in [0.2, 0.25) is 0 Å². The first-order valence-electron chi connectivity index (χ1n) is 1.54. The van der Waals surface area contributed by atoms with Crippen molar-refractivity contribution in [2.24, 2.45) is 5.92 Å². The molecular weight excluding hydrogens is 129 g/mol. The molecule has 4 heteroatoms. The van der Waals surface area contributed by atoms with E-state index >= 15 is 0 Å². The third kappa shape index (κ3) is 4.27. The molecule has 0 aliphatic carbocycles. The van der Waals surface area contributed by atoms with Gasteiger partial charge in [0.25, 0.3) is 0 Å². The zero-order chi connectivity index (χ0) is 5.70. The van der Waals surface area contributed by atoms with Gasteiger partial charge in [-0.15, -0.1) is 0 Å². The second-order valence-electron chi connectivity index (χ2n) is 0.820. The van der Waals surface area contributed by atoms with Crippen LogP contribution < -0.4 is 51.4 Å². The third-order valence-corrected chi connectivity index (χ3v) is 0.387. The predicted octanol–water partition coefficient (Wildman–Crippen LogP) is -2.71. The van der Waals surface area contributed by atoms with Crippen LogP contribution >= 0.6 is 0 Å². The normalized spacial score (nSPS) is 5.25. The maximum atomic E-state index is 7.83. The van der Waals surface area contributed by atoms with Crippen LogP contribution in [0.4, 0.5) is 0 Å². The first-order chi connectivity index (χ1) is 3.35. The molecule has 0 atom stereocenters. The molecule has 0 rings (SSSR count). The molecule has 0 radical (unpaired) electrons. The molecule has 8 heavy (non-hydrogen) atoms. The van der Waals surface area contributed by atoms with E-state index in [2.05, 4.69) is 0 Å². The van der Waals surface area contributed by atoms with Gasteiger partial charge in [0.05, 0.1) is 18.2 Å². The Bertz CT molecular complexity index is 138. The molecule has 0 amide bonds. The van der Waals surface area contributed by atoms with Crippen molar-refractivity contribution in [2.45, 2.75) is 0 Å². The summed E-state index contributed by atoms with van der Waals surface area (Å²) in [7, 11) is 0. The fraction of sp³-hybridized carbons (Fsp3) is 0.250. The fourth-order valence-electron chi connectivity index (χ4n) is 0.0866. The van der Waals surface area contributed by atoms with Gasteiger partial charge in [0.15, 0.2) is 0 Å². The van der Waals surface area contributed by atoms with Gasteiger partial charge >= 0.3 is 51.4 Å². The molecule has 0 N–H and O–H groups in total. The minimum absolute atomic E-state index is 0. The summed E-state index contributed by atoms with van der Waals surface area (Å²) in [6, 6.07) is 4.44. The van der Waals surface area contributed by atoms with Gasteiger partial charge in [0.2, 0.25) is 5.92 Å². The van der Waals surface area contributed by atoms with Crippen LogP contribution in [0, 0.1) is 39.9 Å². The van der Waals surface area contributed by atoms with Crippen molar-refractivity contribution in [1.82, 2.24) is 0 Å². The molecule has 3 nitrogen and oxygen atoms in total. The third-order valence-electron chi connectivity index (χ3n) is 0.387. The van der Waals surface area contributed by atoms with Gasteiger partial charge in [-0.05, 0) is 0 Å². The van der Waals surface area contributed by atoms with Crippen molar-refractivity contribution >= 4 is 0 Å². The Morgan fingerprint density at radius 3 is 1.25 bits per heavy atom. The van der Waals surface area contributed by atoms with Gasteiger partial charge in [-0.25, -0.2) is 0 Å². The summed E-state index contributed by atoms with van der Waals surface area (Å²) in [5.41, 5.74) is 0. The number of hydrogen-bond donors (Lipinski definition) is 0. The largest absolute Gasteiger partial charge is 1.00 e. The Morgan fingerprint density at radius 2 is 1.25 bits per heavy atom. The van der Waals surface area contributed by atoms with Crippen LogP contribution in [0.3, 0.4) is 0 Å². The van der Waals surface area contributed by atoms with Crippen molar-refractivity contribution in [3.8, 4) is 18.2 Å². The van der Waals surface area contributed by atoms with E-state index in [1.54, 1.807) is 0 Å². The number of nitriles is 3. The van der Waals surface area contributed by atoms with Gasteiger partial charge in [-0.2, -0.15) is 15.8 Å². The van der Waals surface area contributed by atoms with Gasteiger partial charge in [-0.3, -0.25) is 0 Å². The van der Waals surface area contributed by atoms with E-state index < -0.39 is 5.92 Å². The number of rotatable bonds is 0. The van der Waals surface area contributed by atoms with Crippen molar-refractivity contribution in [3.05, 3.63) is 0 Å². The van der Waals surface area contributed by atoms with Gasteiger partial charge in [0, 0.05) is 0 Å². The second kappa shape index (κ2) is 7.11. The zero-order valence-corrected chi connectivity index (χ0v) is 7.54. The monoisotopic (exact) mass is 131 g/mol. The van der Waals surface area contributed by atoms with E-state index in [0.29, 0.717) is 0 Å². The summed E-state index contributed by atoms with van der Waals surface area (Å²) < 4.78 is 0. The van der Waals surface area contributed by atoms with E-state index in [9.17, 15) is 0 Å². The molecule has 0 aliphatic rings. The first kappa shape index (κ1) is 11.0. The van der Waals surface area contributed by atoms with Crippen molar-refractivity contribution in [3.63, 3.8) is 0 Å². The predicted molar refractivity (Wildman–Crippen MR) is 21.4 cm³/mol. The minimum atomic E-state index is -1.10. The van der Waals surface area contributed by atoms with Crippen LogP contribution in [0.5, 0.6) is 0 Å². The molecule has 0 saturated heterocycles. The van der Waals surface area contributed by atoms with Crippen LogP contribution in [-0.2, 0) is 0 Å². The maximum absolute atomic E-state index is 7.83. The summed E-state index contributed by atoms with van der Waals surface area (Å²) in [5.74, 6) is -1.10. The van der Waals surface area contributed by atoms with Crippen LogP contribution in [-0.4, -0.2) is 0 Å². The quantitative estimate of drug-likeness (QED) is 0.335. The van der Waals surface area contributed by atoms with E-state index in [-0.39, 0.29) is 52.8 Å². The van der Waals surface area contributed by atoms with E-state index in [0.717, 1.165) is 0 Å². The molecule has 0 unspecified atom stereocenters. The molecule has 0 aromatic rings. The van der Waals surface area contributed by atoms with Gasteiger partial charge in [-0.1, -0.05) is 0 Å². The summed E-state index contributed by atoms with van der Waals surface area (Å²) in [6.07, 6.45) is 0. The number of hydrogen-bond acceptors (Lipinski definition) is 3. The van der Waals surface area contributed by atoms with Crippen molar-refractivity contribution in [1.29, 1.82) is 15.8 Å². The second-order valence-corrected chi connectivity index (χ2v) is 0.820. The molecule has 0 fully saturated rings. The van der Waals surface area contributed by atoms with Crippen molar-refractivity contribution < 1.29 is 52.8 Å². The Balaban J connectivity index is -0.000000180. The average Bonchev–Trinajstić information content (AvgIpc) is 1.72. The molecular formula is C4H2KN3. The van der Waals surface area contributed by atoms with Crippen molar-refractivity contribution in [2.75, 3.05) is 0 Å². The van der Waals surface area contributed by atoms with Gasteiger partial charge < -0.3 is 1.43 Å². The van der Waals surface area contributed by atoms with Crippen LogP contribution in [0.15, 0.2) is 0 Å². The maximum Gasteiger partial charge on any atom is 1.00 e. The molecule has 0 spiro atoms. The smallest absolute Gasteiger partial charge is 1.00 e. The molecule has 0 aliphatic heterocycles. The molecule has 34 valence electrons. The van der Waals surface area contributed by atoms with E-state index in [1.807, 2.05) is 0 Å². The molecule has 0 aromatic carbocycles. The zero-order valence-electron chi connectivity index (χ0n) is 5.42. The summed E-state index contributed by atoms with van der Waals surface area (Å²) in [5, 5.41) is 23.5. The van der Waals surface area contributed by atoms with E-state index in [4.69, 9.17) is 15.8 Å². The average molecular weight is 131 g/mol. The Labute approximate surface area is 91.4 Å². The summed E-state index contributed by atoms with van der Waals surface area (Å²) in [4.78, 5) is 0. The molecule has 0 aromatic heterocycles. The summed E-state index contributed by atoms with van der Waals surface area (Å²) >= 11 is 0. The summed E-state index contributed by atoms with van der Waals surface area (Å²) in [6.45, 7) is 0. The molecule has 0 saturated carbocycles. The molecule has 0 bridgehead atoms. The standard InChI is InChI=1S/C4HN3.K.H/c5-1-4(2-6)3-7;;/h4H;;/q;+1;-1. The van der Waals surface area contributed by atoms with Crippen LogP contribution in [0.1, 0.15) is 1.43 Å². The number of nitrogens with zero attached hydrogens (tertiary/aromatic N) is 3. The minimum Gasteiger partial charge on any atom is -1.00 e. The molecule has 0 heterocycles. The first-order valence-corrected chi connectivity index (χ1v) is 1.54. The van der Waals surface area contributed by atoms with Crippen LogP contribution in [0.25, 0.3) is 0 Å². The SMILES string of the molecule is N#CC(C#N)C#N.[H-].[K+]. The van der Waals surface area contributed by atoms with E-state index in [1.165, 1.54) is 18.2 Å². The topological polar surface area (TPSA) is 71.4 Å².